The quantitative estimate of drug-likeness (QED) is 0.129. The normalized spacial score (nSPS) is 11.0. The lowest BCUT2D eigenvalue weighted by Crippen LogP contribution is -2.20. The van der Waals surface area contributed by atoms with Crippen LogP contribution in [0.2, 0.25) is 5.02 Å². The lowest BCUT2D eigenvalue weighted by molar-refractivity contribution is -0.118. The third-order valence-corrected chi connectivity index (χ3v) is 6.50. The van der Waals surface area contributed by atoms with Gasteiger partial charge in [0.1, 0.15) is 11.5 Å². The van der Waals surface area contributed by atoms with Crippen LogP contribution in [-0.2, 0) is 4.79 Å². The number of benzene rings is 4. The zero-order chi connectivity index (χ0) is 26.2. The van der Waals surface area contributed by atoms with Crippen molar-refractivity contribution in [2.45, 2.75) is 5.16 Å². The van der Waals surface area contributed by atoms with Crippen LogP contribution in [0.25, 0.3) is 17.1 Å². The summed E-state index contributed by atoms with van der Waals surface area (Å²) in [6.07, 6.45) is 1.57. The van der Waals surface area contributed by atoms with E-state index >= 15 is 0 Å². The molecule has 0 fully saturated rings. The van der Waals surface area contributed by atoms with E-state index in [0.717, 1.165) is 22.6 Å². The van der Waals surface area contributed by atoms with Crippen molar-refractivity contribution in [1.82, 2.24) is 20.2 Å². The number of ether oxygens (including phenoxy) is 1. The molecule has 5 rings (SSSR count). The van der Waals surface area contributed by atoms with Gasteiger partial charge in [0.25, 0.3) is 5.91 Å². The highest BCUT2D eigenvalue weighted by Crippen LogP contribution is 2.28. The zero-order valence-electron chi connectivity index (χ0n) is 20.1. The molecule has 0 bridgehead atoms. The number of nitrogens with one attached hydrogen (secondary N) is 1. The first-order valence-corrected chi connectivity index (χ1v) is 13.1. The van der Waals surface area contributed by atoms with Crippen LogP contribution in [0, 0.1) is 0 Å². The number of hydrogen-bond donors (Lipinski definition) is 1. The van der Waals surface area contributed by atoms with Crippen LogP contribution in [0.5, 0.6) is 11.5 Å². The summed E-state index contributed by atoms with van der Waals surface area (Å²) in [5.41, 5.74) is 5.12. The number of carbonyl (C=O) groups is 1. The molecule has 188 valence electrons. The predicted octanol–water partition coefficient (Wildman–Crippen LogP) is 6.62. The van der Waals surface area contributed by atoms with E-state index in [1.807, 2.05) is 102 Å². The minimum Gasteiger partial charge on any atom is -0.457 e. The predicted molar refractivity (Wildman–Crippen MR) is 151 cm³/mol. The molecule has 7 nitrogen and oxygen atoms in total. The smallest absolute Gasteiger partial charge is 0.250 e. The highest BCUT2D eigenvalue weighted by molar-refractivity contribution is 7.99. The fourth-order valence-corrected chi connectivity index (χ4v) is 4.45. The Bertz CT molecular complexity index is 1540. The van der Waals surface area contributed by atoms with Crippen molar-refractivity contribution in [2.75, 3.05) is 5.75 Å². The van der Waals surface area contributed by atoms with Gasteiger partial charge in [0.05, 0.1) is 12.0 Å². The topological polar surface area (TPSA) is 81.4 Å². The molecule has 0 saturated heterocycles. The van der Waals surface area contributed by atoms with Crippen molar-refractivity contribution in [3.05, 3.63) is 120 Å². The van der Waals surface area contributed by atoms with Gasteiger partial charge in [-0.25, -0.2) is 5.43 Å². The van der Waals surface area contributed by atoms with Crippen LogP contribution in [0.1, 0.15) is 5.56 Å². The molecule has 1 amide bonds. The summed E-state index contributed by atoms with van der Waals surface area (Å²) >= 11 is 7.36. The molecule has 38 heavy (non-hydrogen) atoms. The van der Waals surface area contributed by atoms with Gasteiger partial charge in [-0.15, -0.1) is 10.2 Å². The Hall–Kier alpha value is -4.40. The summed E-state index contributed by atoms with van der Waals surface area (Å²) < 4.78 is 7.76. The van der Waals surface area contributed by atoms with Gasteiger partial charge in [-0.2, -0.15) is 5.10 Å². The second-order valence-electron chi connectivity index (χ2n) is 8.05. The summed E-state index contributed by atoms with van der Waals surface area (Å²) in [7, 11) is 0. The number of para-hydroxylation sites is 1. The Balaban J connectivity index is 1.24. The molecule has 1 N–H and O–H groups in total. The SMILES string of the molecule is O=C(CSc1nnc(-c2ccccc2)n1-c1ccc(Cl)cc1)N/N=C\c1cccc(Oc2ccccc2)c1. The van der Waals surface area contributed by atoms with E-state index in [0.29, 0.717) is 21.8 Å². The van der Waals surface area contributed by atoms with Crippen molar-refractivity contribution in [3.63, 3.8) is 0 Å². The van der Waals surface area contributed by atoms with Crippen molar-refractivity contribution in [3.8, 4) is 28.6 Å². The Morgan fingerprint density at radius 3 is 2.37 bits per heavy atom. The highest BCUT2D eigenvalue weighted by Gasteiger charge is 2.17. The molecule has 0 atom stereocenters. The third-order valence-electron chi connectivity index (χ3n) is 5.32. The molecule has 1 aromatic heterocycles. The van der Waals surface area contributed by atoms with E-state index in [1.165, 1.54) is 11.8 Å². The van der Waals surface area contributed by atoms with Crippen LogP contribution < -0.4 is 10.2 Å². The number of carbonyl (C=O) groups excluding carboxylic acids is 1. The molecular formula is C29H22ClN5O2S. The van der Waals surface area contributed by atoms with Crippen molar-refractivity contribution in [1.29, 1.82) is 0 Å². The zero-order valence-corrected chi connectivity index (χ0v) is 21.6. The molecule has 0 aliphatic heterocycles. The number of rotatable bonds is 9. The van der Waals surface area contributed by atoms with E-state index in [1.54, 1.807) is 18.3 Å². The average molecular weight is 540 g/mol. The summed E-state index contributed by atoms with van der Waals surface area (Å²) in [6, 6.07) is 34.1. The molecule has 0 radical (unpaired) electrons. The summed E-state index contributed by atoms with van der Waals surface area (Å²) in [5, 5.41) is 14.0. The van der Waals surface area contributed by atoms with Gasteiger partial charge in [-0.3, -0.25) is 9.36 Å². The third kappa shape index (κ3) is 6.47. The highest BCUT2D eigenvalue weighted by atomic mass is 35.5. The standard InChI is InChI=1S/C29H22ClN5O2S/c30-23-14-16-24(17-15-23)35-28(22-9-3-1-4-10-22)33-34-29(35)38-20-27(36)32-31-19-21-8-7-13-26(18-21)37-25-11-5-2-6-12-25/h1-19H,20H2,(H,32,36)/b31-19-. The maximum absolute atomic E-state index is 12.5. The Labute approximate surface area is 229 Å². The van der Waals surface area contributed by atoms with Gasteiger partial charge in [-0.05, 0) is 54.1 Å². The van der Waals surface area contributed by atoms with E-state index in [4.69, 9.17) is 16.3 Å². The van der Waals surface area contributed by atoms with Crippen LogP contribution in [0.3, 0.4) is 0 Å². The summed E-state index contributed by atoms with van der Waals surface area (Å²) in [5.74, 6) is 1.93. The van der Waals surface area contributed by atoms with Gasteiger partial charge in [0.15, 0.2) is 11.0 Å². The number of nitrogens with zero attached hydrogens (tertiary/aromatic N) is 4. The molecular weight excluding hydrogens is 518 g/mol. The maximum atomic E-state index is 12.5. The summed E-state index contributed by atoms with van der Waals surface area (Å²) in [4.78, 5) is 12.5. The number of hydrogen-bond acceptors (Lipinski definition) is 6. The second kappa shape index (κ2) is 12.2. The molecule has 5 aromatic rings. The first-order valence-electron chi connectivity index (χ1n) is 11.7. The van der Waals surface area contributed by atoms with Crippen molar-refractivity contribution in [2.24, 2.45) is 5.10 Å². The number of amides is 1. The minimum atomic E-state index is -0.269. The molecule has 0 aliphatic rings. The van der Waals surface area contributed by atoms with E-state index in [2.05, 4.69) is 20.7 Å². The molecule has 0 aliphatic carbocycles. The largest absolute Gasteiger partial charge is 0.457 e. The first kappa shape index (κ1) is 25.3. The molecule has 0 unspecified atom stereocenters. The number of aromatic nitrogens is 3. The van der Waals surface area contributed by atoms with Crippen molar-refractivity contribution < 1.29 is 9.53 Å². The monoisotopic (exact) mass is 539 g/mol. The average Bonchev–Trinajstić information content (AvgIpc) is 3.38. The first-order chi connectivity index (χ1) is 18.7. The second-order valence-corrected chi connectivity index (χ2v) is 9.43. The van der Waals surface area contributed by atoms with Gasteiger partial charge < -0.3 is 4.74 Å². The van der Waals surface area contributed by atoms with Crippen LogP contribution in [0.15, 0.2) is 119 Å². The lowest BCUT2D eigenvalue weighted by atomic mass is 10.2. The molecule has 9 heteroatoms. The molecule has 0 spiro atoms. The van der Waals surface area contributed by atoms with Crippen molar-refractivity contribution >= 4 is 35.5 Å². The van der Waals surface area contributed by atoms with E-state index < -0.39 is 0 Å². The Morgan fingerprint density at radius 2 is 1.61 bits per heavy atom. The molecule has 0 saturated carbocycles. The number of hydrazone groups is 1. The van der Waals surface area contributed by atoms with Gasteiger partial charge in [-0.1, -0.05) is 84.0 Å². The molecule has 4 aromatic carbocycles. The van der Waals surface area contributed by atoms with E-state index in [-0.39, 0.29) is 11.7 Å². The van der Waals surface area contributed by atoms with Crippen LogP contribution in [0.4, 0.5) is 0 Å². The fraction of sp³-hybridized carbons (Fsp3) is 0.0345. The van der Waals surface area contributed by atoms with Crippen LogP contribution >= 0.6 is 23.4 Å². The number of thioether (sulfide) groups is 1. The Kier molecular flexibility index (Phi) is 8.13. The molecule has 1 heterocycles. The van der Waals surface area contributed by atoms with Gasteiger partial charge >= 0.3 is 0 Å². The minimum absolute atomic E-state index is 0.106. The lowest BCUT2D eigenvalue weighted by Gasteiger charge is -2.10. The summed E-state index contributed by atoms with van der Waals surface area (Å²) in [6.45, 7) is 0. The van der Waals surface area contributed by atoms with E-state index in [9.17, 15) is 4.79 Å². The maximum Gasteiger partial charge on any atom is 0.250 e. The fourth-order valence-electron chi connectivity index (χ4n) is 3.58. The van der Waals surface area contributed by atoms with Gasteiger partial charge in [0, 0.05) is 16.3 Å². The van der Waals surface area contributed by atoms with Crippen LogP contribution in [-0.4, -0.2) is 32.6 Å². The number of halogens is 1. The van der Waals surface area contributed by atoms with Gasteiger partial charge in [0.2, 0.25) is 0 Å². The Morgan fingerprint density at radius 1 is 0.895 bits per heavy atom.